The highest BCUT2D eigenvalue weighted by Gasteiger charge is 2.29. The van der Waals surface area contributed by atoms with Crippen LogP contribution in [0, 0.1) is 0 Å². The topological polar surface area (TPSA) is 59.5 Å². The Hall–Kier alpha value is -2.47. The van der Waals surface area contributed by atoms with E-state index in [1.807, 2.05) is 30.3 Å². The van der Waals surface area contributed by atoms with Crippen molar-refractivity contribution >= 4 is 33.9 Å². The van der Waals surface area contributed by atoms with E-state index in [0.29, 0.717) is 10.4 Å². The minimum atomic E-state index is -0.426. The Bertz CT molecular complexity index is 819. The molecule has 5 nitrogen and oxygen atoms in total. The fourth-order valence-electron chi connectivity index (χ4n) is 2.68. The van der Waals surface area contributed by atoms with Gasteiger partial charge in [-0.1, -0.05) is 24.3 Å². The van der Waals surface area contributed by atoms with Gasteiger partial charge in [0.05, 0.1) is 12.5 Å². The molecule has 6 heteroatoms. The first-order chi connectivity index (χ1) is 11.6. The fourth-order valence-corrected chi connectivity index (χ4v) is 3.01. The van der Waals surface area contributed by atoms with Crippen LogP contribution < -0.4 is 4.74 Å². The highest BCUT2D eigenvalue weighted by molar-refractivity contribution is 9.10. The van der Waals surface area contributed by atoms with Crippen molar-refractivity contribution in [2.45, 2.75) is 19.4 Å². The van der Waals surface area contributed by atoms with Crippen LogP contribution in [0.1, 0.15) is 30.5 Å². The van der Waals surface area contributed by atoms with E-state index in [9.17, 15) is 9.59 Å². The number of hydrogen-bond donors (Lipinski definition) is 0. The van der Waals surface area contributed by atoms with Crippen LogP contribution in [-0.4, -0.2) is 21.8 Å². The van der Waals surface area contributed by atoms with Gasteiger partial charge in [0.15, 0.2) is 5.75 Å². The van der Waals surface area contributed by atoms with Gasteiger partial charge in [-0.25, -0.2) is 4.98 Å². The summed E-state index contributed by atoms with van der Waals surface area (Å²) in [6.45, 7) is 1.48. The van der Waals surface area contributed by atoms with Crippen molar-refractivity contribution in [1.29, 1.82) is 0 Å². The SMILES string of the molecule is CC(=O)N1C=Cc2ccccc2C1CC(=O)Oc1cccnc1Br. The molecule has 0 spiro atoms. The van der Waals surface area contributed by atoms with E-state index >= 15 is 0 Å². The van der Waals surface area contributed by atoms with Crippen LogP contribution in [0.4, 0.5) is 0 Å². The summed E-state index contributed by atoms with van der Waals surface area (Å²) in [5.41, 5.74) is 1.92. The summed E-state index contributed by atoms with van der Waals surface area (Å²) in [5, 5.41) is 0. The molecule has 1 atom stereocenters. The highest BCUT2D eigenvalue weighted by Crippen LogP contribution is 2.33. The van der Waals surface area contributed by atoms with E-state index < -0.39 is 5.97 Å². The average molecular weight is 387 g/mol. The standard InChI is InChI=1S/C18H15BrN2O3/c1-12(22)21-10-8-13-5-2-3-6-14(13)15(21)11-17(23)24-16-7-4-9-20-18(16)19/h2-10,15H,11H2,1H3. The maximum absolute atomic E-state index is 12.4. The summed E-state index contributed by atoms with van der Waals surface area (Å²) in [6, 6.07) is 10.7. The van der Waals surface area contributed by atoms with Crippen molar-refractivity contribution in [2.24, 2.45) is 0 Å². The minimum Gasteiger partial charge on any atom is -0.424 e. The first-order valence-electron chi connectivity index (χ1n) is 7.43. The summed E-state index contributed by atoms with van der Waals surface area (Å²) in [6.07, 6.45) is 5.24. The Morgan fingerprint density at radius 1 is 1.25 bits per heavy atom. The Kier molecular flexibility index (Phi) is 4.76. The van der Waals surface area contributed by atoms with Crippen LogP contribution in [0.15, 0.2) is 53.4 Å². The zero-order chi connectivity index (χ0) is 17.1. The molecule has 0 saturated carbocycles. The third-order valence-electron chi connectivity index (χ3n) is 3.78. The van der Waals surface area contributed by atoms with Gasteiger partial charge in [0.25, 0.3) is 0 Å². The van der Waals surface area contributed by atoms with E-state index in [2.05, 4.69) is 20.9 Å². The molecule has 2 aromatic rings. The van der Waals surface area contributed by atoms with Crippen LogP contribution in [0.2, 0.25) is 0 Å². The monoisotopic (exact) mass is 386 g/mol. The van der Waals surface area contributed by atoms with Gasteiger partial charge in [-0.15, -0.1) is 0 Å². The van der Waals surface area contributed by atoms with Crippen LogP contribution in [0.5, 0.6) is 5.75 Å². The van der Waals surface area contributed by atoms with Gasteiger partial charge in [-0.2, -0.15) is 0 Å². The second kappa shape index (κ2) is 6.97. The number of benzene rings is 1. The number of carbonyl (C=O) groups excluding carboxylic acids is 2. The highest BCUT2D eigenvalue weighted by atomic mass is 79.9. The number of pyridine rings is 1. The zero-order valence-electron chi connectivity index (χ0n) is 13.0. The van der Waals surface area contributed by atoms with Gasteiger partial charge in [-0.05, 0) is 45.3 Å². The number of nitrogens with zero attached hydrogens (tertiary/aromatic N) is 2. The number of carbonyl (C=O) groups is 2. The van der Waals surface area contributed by atoms with E-state index in [1.165, 1.54) is 6.92 Å². The molecule has 1 aliphatic rings. The van der Waals surface area contributed by atoms with Crippen LogP contribution >= 0.6 is 15.9 Å². The molecule has 2 heterocycles. The number of esters is 1. The number of hydrogen-bond acceptors (Lipinski definition) is 4. The summed E-state index contributed by atoms with van der Waals surface area (Å²) in [4.78, 5) is 29.9. The lowest BCUT2D eigenvalue weighted by molar-refractivity contribution is -0.137. The number of ether oxygens (including phenoxy) is 1. The largest absolute Gasteiger partial charge is 0.424 e. The maximum atomic E-state index is 12.4. The summed E-state index contributed by atoms with van der Waals surface area (Å²) in [7, 11) is 0. The Morgan fingerprint density at radius 2 is 2.04 bits per heavy atom. The normalized spacial score (nSPS) is 15.8. The van der Waals surface area contributed by atoms with Crippen molar-refractivity contribution in [3.8, 4) is 5.75 Å². The van der Waals surface area contributed by atoms with Crippen molar-refractivity contribution < 1.29 is 14.3 Å². The van der Waals surface area contributed by atoms with Gasteiger partial charge < -0.3 is 9.64 Å². The average Bonchev–Trinajstić information content (AvgIpc) is 2.57. The van der Waals surface area contributed by atoms with Crippen molar-refractivity contribution in [2.75, 3.05) is 0 Å². The lowest BCUT2D eigenvalue weighted by Crippen LogP contribution is -2.33. The van der Waals surface area contributed by atoms with Gasteiger partial charge in [-0.3, -0.25) is 9.59 Å². The van der Waals surface area contributed by atoms with E-state index in [-0.39, 0.29) is 18.4 Å². The van der Waals surface area contributed by atoms with Gasteiger partial charge in [0, 0.05) is 19.3 Å². The Balaban J connectivity index is 1.83. The van der Waals surface area contributed by atoms with E-state index in [4.69, 9.17) is 4.74 Å². The molecule has 0 bridgehead atoms. The van der Waals surface area contributed by atoms with Crippen LogP contribution in [-0.2, 0) is 9.59 Å². The Morgan fingerprint density at radius 3 is 2.79 bits per heavy atom. The molecular formula is C18H15BrN2O3. The zero-order valence-corrected chi connectivity index (χ0v) is 14.6. The second-order valence-electron chi connectivity index (χ2n) is 5.36. The first-order valence-corrected chi connectivity index (χ1v) is 8.23. The molecule has 122 valence electrons. The summed E-state index contributed by atoms with van der Waals surface area (Å²) >= 11 is 3.25. The number of fused-ring (bicyclic) bond motifs is 1. The van der Waals surface area contributed by atoms with Crippen LogP contribution in [0.25, 0.3) is 6.08 Å². The molecule has 0 N–H and O–H groups in total. The van der Waals surface area contributed by atoms with Gasteiger partial charge >= 0.3 is 5.97 Å². The van der Waals surface area contributed by atoms with Gasteiger partial charge in [0.1, 0.15) is 4.60 Å². The molecule has 24 heavy (non-hydrogen) atoms. The lowest BCUT2D eigenvalue weighted by atomic mass is 9.94. The molecule has 0 saturated heterocycles. The molecule has 1 amide bonds. The molecule has 1 aromatic heterocycles. The fraction of sp³-hybridized carbons (Fsp3) is 0.167. The minimum absolute atomic E-state index is 0.0578. The number of aromatic nitrogens is 1. The van der Waals surface area contributed by atoms with E-state index in [1.54, 1.807) is 29.4 Å². The predicted molar refractivity (Wildman–Crippen MR) is 92.9 cm³/mol. The summed E-state index contributed by atoms with van der Waals surface area (Å²) in [5.74, 6) is -0.192. The molecule has 1 aromatic carbocycles. The quantitative estimate of drug-likeness (QED) is 0.595. The van der Waals surface area contributed by atoms with Gasteiger partial charge in [0.2, 0.25) is 5.91 Å². The van der Waals surface area contributed by atoms with Crippen molar-refractivity contribution in [3.63, 3.8) is 0 Å². The van der Waals surface area contributed by atoms with Crippen molar-refractivity contribution in [1.82, 2.24) is 9.88 Å². The van der Waals surface area contributed by atoms with E-state index in [0.717, 1.165) is 11.1 Å². The predicted octanol–water partition coefficient (Wildman–Crippen LogP) is 3.71. The van der Waals surface area contributed by atoms with Crippen LogP contribution in [0.3, 0.4) is 0 Å². The smallest absolute Gasteiger partial charge is 0.313 e. The number of halogens is 1. The maximum Gasteiger partial charge on any atom is 0.313 e. The second-order valence-corrected chi connectivity index (χ2v) is 6.11. The number of rotatable bonds is 3. The number of amides is 1. The molecule has 3 rings (SSSR count). The summed E-state index contributed by atoms with van der Waals surface area (Å²) < 4.78 is 5.84. The first kappa shape index (κ1) is 16.4. The third kappa shape index (κ3) is 3.38. The molecule has 1 aliphatic heterocycles. The third-order valence-corrected chi connectivity index (χ3v) is 4.37. The van der Waals surface area contributed by atoms with Crippen molar-refractivity contribution in [3.05, 3.63) is 64.5 Å². The molecular weight excluding hydrogens is 372 g/mol. The Labute approximate surface area is 148 Å². The molecule has 0 fully saturated rings. The molecule has 0 aliphatic carbocycles. The molecule has 1 unspecified atom stereocenters. The molecule has 0 radical (unpaired) electrons. The lowest BCUT2D eigenvalue weighted by Gasteiger charge is -2.32.